The Kier molecular flexibility index (Phi) is 2.60. The highest BCUT2D eigenvalue weighted by Gasteiger charge is 2.16. The summed E-state index contributed by atoms with van der Waals surface area (Å²) in [5.74, 6) is -0.264. The summed E-state index contributed by atoms with van der Waals surface area (Å²) < 4.78 is 1.68. The van der Waals surface area contributed by atoms with Crippen LogP contribution in [-0.4, -0.2) is 30.5 Å². The lowest BCUT2D eigenvalue weighted by atomic mass is 10.2. The van der Waals surface area contributed by atoms with Gasteiger partial charge in [-0.05, 0) is 12.1 Å². The van der Waals surface area contributed by atoms with Gasteiger partial charge in [0.1, 0.15) is 11.3 Å². The number of phenols is 1. The Bertz CT molecular complexity index is 825. The first-order valence-corrected chi connectivity index (χ1v) is 5.84. The minimum Gasteiger partial charge on any atom is -0.508 e. The molecule has 0 fully saturated rings. The number of aromatic hydroxyl groups is 1. The molecule has 2 aromatic heterocycles. The van der Waals surface area contributed by atoms with Crippen LogP contribution in [0.3, 0.4) is 0 Å². The van der Waals surface area contributed by atoms with Crippen molar-refractivity contribution in [2.45, 2.75) is 0 Å². The van der Waals surface area contributed by atoms with Crippen molar-refractivity contribution in [1.29, 1.82) is 0 Å². The van der Waals surface area contributed by atoms with Crippen LogP contribution in [0.1, 0.15) is 10.5 Å². The molecule has 20 heavy (non-hydrogen) atoms. The molecule has 100 valence electrons. The summed E-state index contributed by atoms with van der Waals surface area (Å²) in [5, 5.41) is 9.52. The molecule has 0 aliphatic carbocycles. The molecule has 0 aliphatic heterocycles. The number of benzene rings is 1. The van der Waals surface area contributed by atoms with Crippen LogP contribution < -0.4 is 5.73 Å². The zero-order valence-electron chi connectivity index (χ0n) is 10.6. The van der Waals surface area contributed by atoms with Crippen molar-refractivity contribution in [3.05, 3.63) is 36.3 Å². The first kappa shape index (κ1) is 12.1. The van der Waals surface area contributed by atoms with E-state index in [1.165, 1.54) is 12.4 Å². The van der Waals surface area contributed by atoms with Crippen LogP contribution in [0.5, 0.6) is 5.75 Å². The molecule has 3 aromatic rings. The minimum absolute atomic E-state index is 0.0638. The number of rotatable bonds is 2. The zero-order valence-corrected chi connectivity index (χ0v) is 10.6. The lowest BCUT2D eigenvalue weighted by Gasteiger charge is -2.04. The van der Waals surface area contributed by atoms with Crippen molar-refractivity contribution in [3.63, 3.8) is 0 Å². The number of nitrogens with two attached hydrogens (primary N) is 1. The van der Waals surface area contributed by atoms with Gasteiger partial charge in [0.25, 0.3) is 5.91 Å². The van der Waals surface area contributed by atoms with E-state index in [2.05, 4.69) is 15.0 Å². The van der Waals surface area contributed by atoms with Gasteiger partial charge in [0, 0.05) is 12.6 Å². The summed E-state index contributed by atoms with van der Waals surface area (Å²) in [5.41, 5.74) is 6.87. The third kappa shape index (κ3) is 1.85. The Labute approximate surface area is 113 Å². The van der Waals surface area contributed by atoms with Gasteiger partial charge in [-0.2, -0.15) is 0 Å². The van der Waals surface area contributed by atoms with Crippen molar-refractivity contribution >= 4 is 17.1 Å². The smallest absolute Gasteiger partial charge is 0.269 e. The lowest BCUT2D eigenvalue weighted by Crippen LogP contribution is -2.15. The molecule has 1 aromatic carbocycles. The van der Waals surface area contributed by atoms with Crippen LogP contribution in [0.2, 0.25) is 0 Å². The van der Waals surface area contributed by atoms with E-state index in [1.807, 2.05) is 0 Å². The van der Waals surface area contributed by atoms with E-state index in [0.29, 0.717) is 22.6 Å². The average Bonchev–Trinajstić information content (AvgIpc) is 2.79. The number of carbonyl (C=O) groups is 1. The largest absolute Gasteiger partial charge is 0.508 e. The Morgan fingerprint density at radius 2 is 2.15 bits per heavy atom. The molecule has 2 heterocycles. The van der Waals surface area contributed by atoms with Gasteiger partial charge >= 0.3 is 0 Å². The fraction of sp³-hybridized carbons (Fsp3) is 0.0769. The molecule has 3 N–H and O–H groups in total. The van der Waals surface area contributed by atoms with Crippen molar-refractivity contribution in [1.82, 2.24) is 19.5 Å². The van der Waals surface area contributed by atoms with Crippen molar-refractivity contribution in [2.75, 3.05) is 0 Å². The van der Waals surface area contributed by atoms with Crippen molar-refractivity contribution in [2.24, 2.45) is 12.8 Å². The fourth-order valence-electron chi connectivity index (χ4n) is 1.95. The van der Waals surface area contributed by atoms with Crippen molar-refractivity contribution < 1.29 is 9.90 Å². The van der Waals surface area contributed by atoms with Gasteiger partial charge in [0.2, 0.25) is 0 Å². The molecule has 0 bridgehead atoms. The summed E-state index contributed by atoms with van der Waals surface area (Å²) >= 11 is 0. The Morgan fingerprint density at radius 3 is 2.85 bits per heavy atom. The summed E-state index contributed by atoms with van der Waals surface area (Å²) in [6.07, 6.45) is 1.54. The minimum atomic E-state index is -0.669. The summed E-state index contributed by atoms with van der Waals surface area (Å²) in [4.78, 5) is 24.1. The third-order valence-electron chi connectivity index (χ3n) is 2.90. The second kappa shape index (κ2) is 4.30. The molecule has 0 aliphatic rings. The predicted octanol–water partition coefficient (Wildman–Crippen LogP) is 0.835. The van der Waals surface area contributed by atoms with Crippen molar-refractivity contribution in [3.8, 4) is 17.1 Å². The number of amides is 1. The monoisotopic (exact) mass is 269 g/mol. The number of primary amides is 1. The Hall–Kier alpha value is -2.96. The number of nitrogens with zero attached hydrogens (tertiary/aromatic N) is 4. The van der Waals surface area contributed by atoms with E-state index < -0.39 is 5.91 Å². The maximum absolute atomic E-state index is 11.5. The van der Waals surface area contributed by atoms with Gasteiger partial charge < -0.3 is 15.4 Å². The standard InChI is InChI=1S/C13H11N5O2/c1-18-6-15-10-9(11(14)20)16-12(17-13(10)18)7-3-2-4-8(19)5-7/h2-6,19H,1H3,(H2,14,20). The number of phenolic OH excluding ortho intramolecular Hbond substituents is 1. The van der Waals surface area contributed by atoms with E-state index >= 15 is 0 Å². The normalized spacial score (nSPS) is 10.8. The second-order valence-corrected chi connectivity index (χ2v) is 4.34. The number of hydrogen-bond donors (Lipinski definition) is 2. The zero-order chi connectivity index (χ0) is 14.3. The van der Waals surface area contributed by atoms with Gasteiger partial charge in [0.05, 0.1) is 6.33 Å². The Morgan fingerprint density at radius 1 is 1.35 bits per heavy atom. The molecular formula is C13H11N5O2. The molecular weight excluding hydrogens is 258 g/mol. The highest BCUT2D eigenvalue weighted by Crippen LogP contribution is 2.23. The van der Waals surface area contributed by atoms with Gasteiger partial charge in [-0.25, -0.2) is 15.0 Å². The van der Waals surface area contributed by atoms with Gasteiger partial charge in [-0.3, -0.25) is 4.79 Å². The van der Waals surface area contributed by atoms with Crippen LogP contribution in [0, 0.1) is 0 Å². The topological polar surface area (TPSA) is 107 Å². The quantitative estimate of drug-likeness (QED) is 0.716. The van der Waals surface area contributed by atoms with E-state index in [0.717, 1.165) is 0 Å². The molecule has 3 rings (SSSR count). The molecule has 7 nitrogen and oxygen atoms in total. The number of carbonyl (C=O) groups excluding carboxylic acids is 1. The lowest BCUT2D eigenvalue weighted by molar-refractivity contribution is 0.0997. The van der Waals surface area contributed by atoms with Gasteiger partial charge in [0.15, 0.2) is 17.2 Å². The molecule has 0 radical (unpaired) electrons. The van der Waals surface area contributed by atoms with Crippen LogP contribution in [0.4, 0.5) is 0 Å². The molecule has 0 atom stereocenters. The maximum Gasteiger partial charge on any atom is 0.269 e. The first-order chi connectivity index (χ1) is 9.56. The molecule has 1 amide bonds. The van der Waals surface area contributed by atoms with E-state index in [9.17, 15) is 9.90 Å². The van der Waals surface area contributed by atoms with Crippen LogP contribution in [-0.2, 0) is 7.05 Å². The fourth-order valence-corrected chi connectivity index (χ4v) is 1.95. The maximum atomic E-state index is 11.5. The van der Waals surface area contributed by atoms with Gasteiger partial charge in [-0.15, -0.1) is 0 Å². The van der Waals surface area contributed by atoms with Crippen LogP contribution >= 0.6 is 0 Å². The molecule has 0 spiro atoms. The van der Waals surface area contributed by atoms with E-state index in [1.54, 1.807) is 29.8 Å². The summed E-state index contributed by atoms with van der Waals surface area (Å²) in [6.45, 7) is 0. The number of hydrogen-bond acceptors (Lipinski definition) is 5. The number of imidazole rings is 1. The molecule has 0 saturated carbocycles. The highest BCUT2D eigenvalue weighted by molar-refractivity contribution is 6.01. The van der Waals surface area contributed by atoms with Crippen LogP contribution in [0.25, 0.3) is 22.6 Å². The summed E-state index contributed by atoms with van der Waals surface area (Å²) in [6, 6.07) is 6.47. The first-order valence-electron chi connectivity index (χ1n) is 5.84. The molecule has 0 unspecified atom stereocenters. The second-order valence-electron chi connectivity index (χ2n) is 4.34. The van der Waals surface area contributed by atoms with Crippen LogP contribution in [0.15, 0.2) is 30.6 Å². The van der Waals surface area contributed by atoms with E-state index in [4.69, 9.17) is 5.73 Å². The van der Waals surface area contributed by atoms with E-state index in [-0.39, 0.29) is 11.4 Å². The predicted molar refractivity (Wildman–Crippen MR) is 71.9 cm³/mol. The van der Waals surface area contributed by atoms with Gasteiger partial charge in [-0.1, -0.05) is 12.1 Å². The number of fused-ring (bicyclic) bond motifs is 1. The molecule has 7 heteroatoms. The highest BCUT2D eigenvalue weighted by atomic mass is 16.3. The Balaban J connectivity index is 2.31. The number of aromatic nitrogens is 4. The number of aryl methyl sites for hydroxylation is 1. The SMILES string of the molecule is Cn1cnc2c(C(N)=O)nc(-c3cccc(O)c3)nc21. The third-order valence-corrected chi connectivity index (χ3v) is 2.90. The summed E-state index contributed by atoms with van der Waals surface area (Å²) in [7, 11) is 1.76. The molecule has 0 saturated heterocycles. The average molecular weight is 269 g/mol.